The molecule has 3 aromatic rings. The Kier molecular flexibility index (Phi) is 7.08. The Bertz CT molecular complexity index is 1630. The normalized spacial score (nSPS) is 14.4. The van der Waals surface area contributed by atoms with E-state index in [1.165, 1.54) is 0 Å². The van der Waals surface area contributed by atoms with Crippen LogP contribution in [0.2, 0.25) is 0 Å². The number of aromatic nitrogens is 8. The topological polar surface area (TPSA) is 106 Å². The Balaban J connectivity index is 0.00000387. The van der Waals surface area contributed by atoms with Crippen molar-refractivity contribution in [2.24, 2.45) is 0 Å². The molecular formula is C20H4F12N8Pt. The molecule has 41 heavy (non-hydrogen) atoms. The molecule has 21 heteroatoms. The van der Waals surface area contributed by atoms with Gasteiger partial charge in [0.15, 0.2) is 0 Å². The van der Waals surface area contributed by atoms with Crippen molar-refractivity contribution in [1.29, 1.82) is 0 Å². The molecule has 0 amide bonds. The van der Waals surface area contributed by atoms with Crippen LogP contribution in [0.5, 0.6) is 0 Å². The number of hydrogen-bond acceptors (Lipinski definition) is 6. The Morgan fingerprint density at radius 3 is 1.10 bits per heavy atom. The van der Waals surface area contributed by atoms with Crippen molar-refractivity contribution in [3.63, 3.8) is 0 Å². The average molecular weight is 779 g/mol. The Hall–Kier alpha value is -3.83. The molecule has 0 aliphatic carbocycles. The molecule has 8 nitrogen and oxygen atoms in total. The number of nitrogens with zero attached hydrogens (tertiary/aromatic N) is 8. The van der Waals surface area contributed by atoms with Crippen molar-refractivity contribution in [3.8, 4) is 0 Å². The first-order valence-corrected chi connectivity index (χ1v) is 10.2. The van der Waals surface area contributed by atoms with E-state index >= 15 is 0 Å². The van der Waals surface area contributed by atoms with E-state index in [1.807, 2.05) is 0 Å². The van der Waals surface area contributed by atoms with Crippen LogP contribution in [0.3, 0.4) is 0 Å². The predicted octanol–water partition coefficient (Wildman–Crippen LogP) is 5.39. The van der Waals surface area contributed by atoms with Gasteiger partial charge in [-0.2, -0.15) is 52.7 Å². The Morgan fingerprint density at radius 1 is 0.463 bits per heavy atom. The third-order valence-electron chi connectivity index (χ3n) is 5.04. The maximum atomic E-state index is 13.6. The van der Waals surface area contributed by atoms with Gasteiger partial charge in [0.2, 0.25) is 0 Å². The summed E-state index contributed by atoms with van der Waals surface area (Å²) in [6.45, 7) is 0. The first-order valence-electron chi connectivity index (χ1n) is 10.2. The summed E-state index contributed by atoms with van der Waals surface area (Å²) in [7, 11) is 0. The van der Waals surface area contributed by atoms with Gasteiger partial charge in [-0.15, -0.1) is 0 Å². The predicted molar refractivity (Wildman–Crippen MR) is 108 cm³/mol. The molecule has 0 unspecified atom stereocenters. The fourth-order valence-electron chi connectivity index (χ4n) is 3.42. The number of alkyl halides is 12. The second-order valence-electron chi connectivity index (χ2n) is 7.84. The van der Waals surface area contributed by atoms with Gasteiger partial charge >= 0.3 is 45.8 Å². The SMILES string of the molecule is FC(F)(F)C1=Cc2nc1nc1cc(C(F)(F)F)c(nc3nc(nc4cc(C(F)(F)F)c(n2)[n-]4)C(C(F)(F)F)=C3)[n-]1.[Pt+2]. The van der Waals surface area contributed by atoms with E-state index in [9.17, 15) is 52.7 Å². The molecule has 5 heterocycles. The van der Waals surface area contributed by atoms with E-state index in [0.717, 1.165) is 0 Å². The molecule has 5 rings (SSSR count). The molecule has 0 spiro atoms. The summed E-state index contributed by atoms with van der Waals surface area (Å²) in [4.78, 5) is 26.6. The van der Waals surface area contributed by atoms with Crippen LogP contribution < -0.4 is 9.97 Å². The van der Waals surface area contributed by atoms with Crippen LogP contribution in [-0.2, 0) is 33.4 Å². The minimum Gasteiger partial charge on any atom is -0.358 e. The van der Waals surface area contributed by atoms with E-state index in [4.69, 9.17) is 0 Å². The molecule has 0 saturated carbocycles. The van der Waals surface area contributed by atoms with Crippen LogP contribution >= 0.6 is 0 Å². The van der Waals surface area contributed by atoms with Crippen LogP contribution in [0.4, 0.5) is 52.7 Å². The van der Waals surface area contributed by atoms with Gasteiger partial charge in [-0.05, 0) is 24.3 Å². The van der Waals surface area contributed by atoms with Crippen molar-refractivity contribution in [3.05, 3.63) is 46.6 Å². The van der Waals surface area contributed by atoms with E-state index in [1.54, 1.807) is 0 Å². The molecule has 218 valence electrons. The second kappa shape index (κ2) is 9.63. The maximum Gasteiger partial charge on any atom is 2.00 e. The van der Waals surface area contributed by atoms with Crippen molar-refractivity contribution in [1.82, 2.24) is 39.9 Å². The van der Waals surface area contributed by atoms with Crippen molar-refractivity contribution in [2.75, 3.05) is 0 Å². The molecular weight excluding hydrogens is 775 g/mol. The quantitative estimate of drug-likeness (QED) is 0.280. The Labute approximate surface area is 231 Å². The number of halogens is 12. The molecule has 0 radical (unpaired) electrons. The molecule has 3 aromatic heterocycles. The largest absolute Gasteiger partial charge is 2.00 e. The zero-order valence-electron chi connectivity index (χ0n) is 18.7. The summed E-state index contributed by atoms with van der Waals surface area (Å²) < 4.78 is 163. The molecule has 0 atom stereocenters. The minimum atomic E-state index is -5.24. The van der Waals surface area contributed by atoms with Gasteiger partial charge in [0, 0.05) is 22.6 Å². The van der Waals surface area contributed by atoms with Gasteiger partial charge in [-0.1, -0.05) is 0 Å². The van der Waals surface area contributed by atoms with Gasteiger partial charge in [0.05, 0.1) is 45.6 Å². The summed E-state index contributed by atoms with van der Waals surface area (Å²) in [6, 6.07) is 0.293. The van der Waals surface area contributed by atoms with Crippen LogP contribution in [0.25, 0.3) is 45.9 Å². The summed E-state index contributed by atoms with van der Waals surface area (Å²) in [5.41, 5.74) is -11.5. The average Bonchev–Trinajstić information content (AvgIpc) is 3.53. The van der Waals surface area contributed by atoms with Crippen molar-refractivity contribution >= 4 is 45.9 Å². The molecule has 2 aliphatic rings. The maximum absolute atomic E-state index is 13.6. The zero-order valence-corrected chi connectivity index (χ0v) is 21.0. The summed E-state index contributed by atoms with van der Waals surface area (Å²) >= 11 is 0. The molecule has 2 aliphatic heterocycles. The summed E-state index contributed by atoms with van der Waals surface area (Å²) in [5, 5.41) is 0. The minimum absolute atomic E-state index is 0. The van der Waals surface area contributed by atoms with Crippen LogP contribution in [0, 0.1) is 0 Å². The van der Waals surface area contributed by atoms with Crippen LogP contribution in [0.15, 0.2) is 12.1 Å². The molecule has 0 fully saturated rings. The molecule has 0 saturated heterocycles. The van der Waals surface area contributed by atoms with Gasteiger partial charge in [0.1, 0.15) is 0 Å². The Morgan fingerprint density at radius 2 is 0.805 bits per heavy atom. The van der Waals surface area contributed by atoms with E-state index in [-0.39, 0.29) is 45.4 Å². The van der Waals surface area contributed by atoms with Crippen LogP contribution in [-0.4, -0.2) is 42.3 Å². The smallest absolute Gasteiger partial charge is 0.358 e. The van der Waals surface area contributed by atoms with E-state index in [2.05, 4.69) is 39.9 Å². The summed E-state index contributed by atoms with van der Waals surface area (Å²) in [5.74, 6) is -4.72. The van der Waals surface area contributed by atoms with Gasteiger partial charge < -0.3 is 29.9 Å². The van der Waals surface area contributed by atoms with Crippen LogP contribution in [0.1, 0.15) is 34.4 Å². The third-order valence-corrected chi connectivity index (χ3v) is 5.04. The number of hydrogen-bond donors (Lipinski definition) is 0. The fraction of sp³-hybridized carbons (Fsp3) is 0.200. The van der Waals surface area contributed by atoms with E-state index < -0.39 is 92.9 Å². The first-order chi connectivity index (χ1) is 18.3. The standard InChI is InChI=1S/C20H4F12N8.Pt/c21-17(22,23)5-1-9-33-13(5)38-10-3-7(19(27,28)29)15(35-10)40-12-4-8(20(30,31)32)16(36-12)39-11-2-6(18(24,25)26)14(34-11)37-9;/h1-4H;/q-2;+2. The van der Waals surface area contributed by atoms with Gasteiger partial charge in [-0.25, -0.2) is 9.97 Å². The number of rotatable bonds is 0. The molecule has 8 bridgehead atoms. The first kappa shape index (κ1) is 30.1. The van der Waals surface area contributed by atoms with Gasteiger partial charge in [0.25, 0.3) is 0 Å². The monoisotopic (exact) mass is 779 g/mol. The second-order valence-corrected chi connectivity index (χ2v) is 7.84. The third kappa shape index (κ3) is 5.96. The molecule has 0 aromatic carbocycles. The zero-order chi connectivity index (χ0) is 29.4. The van der Waals surface area contributed by atoms with Crippen molar-refractivity contribution < 1.29 is 73.8 Å². The van der Waals surface area contributed by atoms with E-state index in [0.29, 0.717) is 0 Å². The number of allylic oxidation sites excluding steroid dienone is 2. The number of fused-ring (bicyclic) bond motifs is 8. The van der Waals surface area contributed by atoms with Crippen molar-refractivity contribution in [2.45, 2.75) is 24.7 Å². The molecule has 0 N–H and O–H groups in total. The van der Waals surface area contributed by atoms with Gasteiger partial charge in [-0.3, -0.25) is 0 Å². The summed E-state index contributed by atoms with van der Waals surface area (Å²) in [6.07, 6.45) is -20.7. The fourth-order valence-corrected chi connectivity index (χ4v) is 3.42.